The summed E-state index contributed by atoms with van der Waals surface area (Å²) in [4.78, 5) is 10.0. The van der Waals surface area contributed by atoms with Crippen LogP contribution in [0.1, 0.15) is 35.4 Å². The van der Waals surface area contributed by atoms with Crippen LogP contribution in [0, 0.1) is 12.8 Å². The summed E-state index contributed by atoms with van der Waals surface area (Å²) in [6.45, 7) is 4.88. The van der Waals surface area contributed by atoms with Crippen molar-refractivity contribution in [1.29, 1.82) is 0 Å². The minimum Gasteiger partial charge on any atom is -0.380 e. The average molecular weight is 361 g/mol. The standard InChI is InChI=1S/C23H27N3O/c1-18-22(25-17-24-18)16-26-14-12-21(13-15-26)23(27,19-8-4-2-5-9-19)20-10-6-3-7-11-20/h2-11,17,21,27H,12-16H2,1H3,(H,24,25). The number of hydrogen-bond donors (Lipinski definition) is 2. The predicted octanol–water partition coefficient (Wildman–Crippen LogP) is 3.87. The van der Waals surface area contributed by atoms with Crippen LogP contribution in [0.2, 0.25) is 0 Å². The normalized spacial score (nSPS) is 16.5. The van der Waals surface area contributed by atoms with E-state index < -0.39 is 5.60 Å². The van der Waals surface area contributed by atoms with Gasteiger partial charge in [-0.1, -0.05) is 60.7 Å². The van der Waals surface area contributed by atoms with Crippen LogP contribution in [0.5, 0.6) is 0 Å². The van der Waals surface area contributed by atoms with E-state index in [2.05, 4.69) is 21.8 Å². The molecule has 0 aliphatic carbocycles. The third-order valence-electron chi connectivity index (χ3n) is 5.91. The maximum atomic E-state index is 11.9. The Morgan fingerprint density at radius 2 is 1.56 bits per heavy atom. The van der Waals surface area contributed by atoms with Gasteiger partial charge in [-0.05, 0) is 49.9 Å². The molecule has 1 aromatic heterocycles. The summed E-state index contributed by atoms with van der Waals surface area (Å²) in [7, 11) is 0. The molecule has 1 aliphatic heterocycles. The van der Waals surface area contributed by atoms with Gasteiger partial charge in [-0.25, -0.2) is 4.98 Å². The molecule has 0 radical (unpaired) electrons. The molecule has 3 aromatic rings. The van der Waals surface area contributed by atoms with E-state index >= 15 is 0 Å². The highest BCUT2D eigenvalue weighted by molar-refractivity contribution is 5.37. The van der Waals surface area contributed by atoms with E-state index in [0.29, 0.717) is 0 Å². The zero-order chi connectivity index (χ0) is 18.7. The van der Waals surface area contributed by atoms with Gasteiger partial charge in [-0.3, -0.25) is 4.90 Å². The molecule has 140 valence electrons. The molecule has 0 saturated carbocycles. The van der Waals surface area contributed by atoms with Gasteiger partial charge in [0.2, 0.25) is 0 Å². The van der Waals surface area contributed by atoms with E-state index in [1.807, 2.05) is 60.7 Å². The summed E-state index contributed by atoms with van der Waals surface area (Å²) >= 11 is 0. The Morgan fingerprint density at radius 3 is 2.04 bits per heavy atom. The number of imidazole rings is 1. The fraction of sp³-hybridized carbons (Fsp3) is 0.348. The van der Waals surface area contributed by atoms with Crippen molar-refractivity contribution in [2.24, 2.45) is 5.92 Å². The largest absolute Gasteiger partial charge is 0.380 e. The van der Waals surface area contributed by atoms with E-state index in [1.165, 1.54) is 0 Å². The summed E-state index contributed by atoms with van der Waals surface area (Å²) in [6, 6.07) is 20.3. The lowest BCUT2D eigenvalue weighted by atomic mass is 9.72. The molecule has 1 saturated heterocycles. The van der Waals surface area contributed by atoms with E-state index in [-0.39, 0.29) is 5.92 Å². The number of rotatable bonds is 5. The van der Waals surface area contributed by atoms with Crippen LogP contribution < -0.4 is 0 Å². The molecule has 2 aromatic carbocycles. The predicted molar refractivity (Wildman–Crippen MR) is 107 cm³/mol. The van der Waals surface area contributed by atoms with Crippen molar-refractivity contribution >= 4 is 0 Å². The summed E-state index contributed by atoms with van der Waals surface area (Å²) < 4.78 is 0. The molecule has 0 bridgehead atoms. The van der Waals surface area contributed by atoms with Gasteiger partial charge < -0.3 is 10.1 Å². The number of nitrogens with one attached hydrogen (secondary N) is 1. The fourth-order valence-electron chi connectivity index (χ4n) is 4.29. The summed E-state index contributed by atoms with van der Waals surface area (Å²) in [5.74, 6) is 0.193. The quantitative estimate of drug-likeness (QED) is 0.725. The number of H-pyrrole nitrogens is 1. The smallest absolute Gasteiger partial charge is 0.117 e. The second kappa shape index (κ2) is 7.67. The highest BCUT2D eigenvalue weighted by atomic mass is 16.3. The van der Waals surface area contributed by atoms with E-state index in [4.69, 9.17) is 0 Å². The Bertz CT molecular complexity index is 812. The van der Waals surface area contributed by atoms with Gasteiger partial charge in [0.15, 0.2) is 0 Å². The number of aromatic nitrogens is 2. The number of aromatic amines is 1. The zero-order valence-electron chi connectivity index (χ0n) is 15.8. The highest BCUT2D eigenvalue weighted by Crippen LogP contribution is 2.42. The van der Waals surface area contributed by atoms with Gasteiger partial charge >= 0.3 is 0 Å². The summed E-state index contributed by atoms with van der Waals surface area (Å²) in [5, 5.41) is 11.9. The monoisotopic (exact) mass is 361 g/mol. The molecule has 2 heterocycles. The average Bonchev–Trinajstić information content (AvgIpc) is 3.14. The minimum absolute atomic E-state index is 0.193. The maximum absolute atomic E-state index is 11.9. The molecule has 4 nitrogen and oxygen atoms in total. The first-order valence-electron chi connectivity index (χ1n) is 9.72. The Hall–Kier alpha value is -2.43. The molecule has 2 N–H and O–H groups in total. The lowest BCUT2D eigenvalue weighted by Gasteiger charge is -2.42. The van der Waals surface area contributed by atoms with Gasteiger partial charge in [0.25, 0.3) is 0 Å². The van der Waals surface area contributed by atoms with Crippen molar-refractivity contribution in [3.63, 3.8) is 0 Å². The second-order valence-electron chi connectivity index (χ2n) is 7.52. The van der Waals surface area contributed by atoms with Crippen LogP contribution in [-0.2, 0) is 12.1 Å². The molecule has 0 amide bonds. The van der Waals surface area contributed by atoms with E-state index in [0.717, 1.165) is 55.0 Å². The van der Waals surface area contributed by atoms with Crippen LogP contribution in [0.15, 0.2) is 67.0 Å². The molecule has 0 unspecified atom stereocenters. The molecule has 4 heteroatoms. The lowest BCUT2D eigenvalue weighted by molar-refractivity contribution is -0.0154. The van der Waals surface area contributed by atoms with Crippen LogP contribution in [0.3, 0.4) is 0 Å². The van der Waals surface area contributed by atoms with Gasteiger partial charge in [-0.15, -0.1) is 0 Å². The van der Waals surface area contributed by atoms with Crippen molar-refractivity contribution in [2.45, 2.75) is 31.9 Å². The van der Waals surface area contributed by atoms with Crippen LogP contribution in [-0.4, -0.2) is 33.1 Å². The number of piperidine rings is 1. The van der Waals surface area contributed by atoms with Crippen LogP contribution in [0.4, 0.5) is 0 Å². The van der Waals surface area contributed by atoms with Crippen molar-refractivity contribution in [3.8, 4) is 0 Å². The van der Waals surface area contributed by atoms with E-state index in [1.54, 1.807) is 6.33 Å². The number of likely N-dealkylation sites (tertiary alicyclic amines) is 1. The Balaban J connectivity index is 1.55. The third-order valence-corrected chi connectivity index (χ3v) is 5.91. The molecule has 0 spiro atoms. The number of benzene rings is 2. The first kappa shape index (κ1) is 18.0. The van der Waals surface area contributed by atoms with Crippen molar-refractivity contribution in [1.82, 2.24) is 14.9 Å². The molecule has 4 rings (SSSR count). The van der Waals surface area contributed by atoms with Crippen molar-refractivity contribution in [2.75, 3.05) is 13.1 Å². The second-order valence-corrected chi connectivity index (χ2v) is 7.52. The molecule has 1 aliphatic rings. The van der Waals surface area contributed by atoms with Crippen LogP contribution in [0.25, 0.3) is 0 Å². The minimum atomic E-state index is -0.948. The summed E-state index contributed by atoms with van der Waals surface area (Å²) in [6.07, 6.45) is 3.69. The number of hydrogen-bond acceptors (Lipinski definition) is 3. The third kappa shape index (κ3) is 3.55. The Kier molecular flexibility index (Phi) is 5.10. The van der Waals surface area contributed by atoms with Gasteiger partial charge in [-0.2, -0.15) is 0 Å². The van der Waals surface area contributed by atoms with Gasteiger partial charge in [0.05, 0.1) is 12.0 Å². The number of aliphatic hydroxyl groups is 1. The molecular formula is C23H27N3O. The first-order valence-corrected chi connectivity index (χ1v) is 9.72. The molecule has 27 heavy (non-hydrogen) atoms. The van der Waals surface area contributed by atoms with E-state index in [9.17, 15) is 5.11 Å². The molecule has 0 atom stereocenters. The number of aryl methyl sites for hydroxylation is 1. The fourth-order valence-corrected chi connectivity index (χ4v) is 4.29. The van der Waals surface area contributed by atoms with Crippen LogP contribution >= 0.6 is 0 Å². The first-order chi connectivity index (χ1) is 13.2. The SMILES string of the molecule is Cc1[nH]cnc1CN1CCC(C(O)(c2ccccc2)c2ccccc2)CC1. The highest BCUT2D eigenvalue weighted by Gasteiger charge is 2.41. The zero-order valence-corrected chi connectivity index (χ0v) is 15.8. The topological polar surface area (TPSA) is 52.2 Å². The Labute approximate surface area is 160 Å². The molecule has 1 fully saturated rings. The van der Waals surface area contributed by atoms with Gasteiger partial charge in [0, 0.05) is 12.2 Å². The van der Waals surface area contributed by atoms with Crippen molar-refractivity contribution < 1.29 is 5.11 Å². The lowest BCUT2D eigenvalue weighted by Crippen LogP contribution is -2.44. The van der Waals surface area contributed by atoms with Gasteiger partial charge in [0.1, 0.15) is 5.60 Å². The number of nitrogens with zero attached hydrogens (tertiary/aromatic N) is 2. The Morgan fingerprint density at radius 1 is 1.00 bits per heavy atom. The molecular weight excluding hydrogens is 334 g/mol. The maximum Gasteiger partial charge on any atom is 0.117 e. The van der Waals surface area contributed by atoms with Crippen molar-refractivity contribution in [3.05, 3.63) is 89.5 Å². The summed E-state index contributed by atoms with van der Waals surface area (Å²) in [5.41, 5.74) is 3.28.